The molecule has 0 amide bonds. The van der Waals surface area contributed by atoms with E-state index in [1.165, 1.54) is 11.5 Å². The van der Waals surface area contributed by atoms with Gasteiger partial charge in [0.15, 0.2) is 0 Å². The number of rotatable bonds is 5. The van der Waals surface area contributed by atoms with Gasteiger partial charge in [-0.2, -0.15) is 0 Å². The van der Waals surface area contributed by atoms with E-state index in [-0.39, 0.29) is 12.4 Å². The average Bonchev–Trinajstić information content (AvgIpc) is 2.92. The molecule has 6 rings (SSSR count). The first kappa shape index (κ1) is 21.0. The zero-order valence-corrected chi connectivity index (χ0v) is 18.9. The van der Waals surface area contributed by atoms with Crippen molar-refractivity contribution in [1.82, 2.24) is 9.97 Å². The van der Waals surface area contributed by atoms with Crippen molar-refractivity contribution >= 4 is 21.7 Å². The summed E-state index contributed by atoms with van der Waals surface area (Å²) in [5.74, 6) is 0.426. The van der Waals surface area contributed by atoms with Gasteiger partial charge in [0.05, 0.1) is 11.2 Å². The summed E-state index contributed by atoms with van der Waals surface area (Å²) in [6.07, 6.45) is 3.59. The van der Waals surface area contributed by atoms with Gasteiger partial charge < -0.3 is 4.74 Å². The predicted octanol–water partition coefficient (Wildman–Crippen LogP) is 7.84. The summed E-state index contributed by atoms with van der Waals surface area (Å²) in [6.45, 7) is 0.181. The highest BCUT2D eigenvalue weighted by Crippen LogP contribution is 2.37. The van der Waals surface area contributed by atoms with Crippen LogP contribution in [0.15, 0.2) is 116 Å². The minimum absolute atomic E-state index is 0.181. The van der Waals surface area contributed by atoms with Crippen molar-refractivity contribution < 1.29 is 9.13 Å². The Bertz CT molecular complexity index is 1650. The van der Waals surface area contributed by atoms with E-state index in [4.69, 9.17) is 9.72 Å². The molecule has 0 unspecified atom stereocenters. The number of ether oxygens (including phenoxy) is 1. The molecule has 0 saturated heterocycles. The Morgan fingerprint density at radius 2 is 1.57 bits per heavy atom. The molecule has 0 aliphatic carbocycles. The van der Waals surface area contributed by atoms with Crippen LogP contribution in [0.3, 0.4) is 0 Å². The van der Waals surface area contributed by atoms with Crippen LogP contribution in [0.4, 0.5) is 4.39 Å². The quantitative estimate of drug-likeness (QED) is 0.248. The number of pyridine rings is 2. The van der Waals surface area contributed by atoms with Crippen LogP contribution in [0.2, 0.25) is 0 Å². The second-order valence-corrected chi connectivity index (χ2v) is 8.38. The number of hydrogen-bond donors (Lipinski definition) is 0. The molecule has 6 aromatic rings. The molecule has 4 heteroatoms. The summed E-state index contributed by atoms with van der Waals surface area (Å²) in [4.78, 5) is 9.24. The maximum absolute atomic E-state index is 13.9. The van der Waals surface area contributed by atoms with Crippen LogP contribution in [-0.2, 0) is 6.61 Å². The minimum Gasteiger partial charge on any atom is -0.489 e. The van der Waals surface area contributed by atoms with Crippen molar-refractivity contribution in [2.45, 2.75) is 6.61 Å². The van der Waals surface area contributed by atoms with Gasteiger partial charge in [0.2, 0.25) is 0 Å². The minimum atomic E-state index is -0.262. The summed E-state index contributed by atoms with van der Waals surface area (Å²) in [5.41, 5.74) is 5.44. The zero-order chi connectivity index (χ0) is 23.6. The third kappa shape index (κ3) is 4.11. The van der Waals surface area contributed by atoms with E-state index in [1.54, 1.807) is 18.3 Å². The third-order valence-electron chi connectivity index (χ3n) is 6.17. The number of aromatic nitrogens is 2. The van der Waals surface area contributed by atoms with Crippen molar-refractivity contribution in [3.8, 4) is 28.1 Å². The first-order chi connectivity index (χ1) is 17.3. The van der Waals surface area contributed by atoms with E-state index in [9.17, 15) is 4.39 Å². The lowest BCUT2D eigenvalue weighted by Gasteiger charge is -2.14. The Morgan fingerprint density at radius 1 is 0.743 bits per heavy atom. The van der Waals surface area contributed by atoms with E-state index in [2.05, 4.69) is 41.4 Å². The summed E-state index contributed by atoms with van der Waals surface area (Å²) in [5, 5.41) is 3.43. The monoisotopic (exact) mass is 456 g/mol. The molecule has 0 atom stereocenters. The summed E-state index contributed by atoms with van der Waals surface area (Å²) in [6, 6.07) is 33.2. The normalized spacial score (nSPS) is 11.1. The number of fused-ring (bicyclic) bond motifs is 3. The number of nitrogens with zero attached hydrogens (tertiary/aromatic N) is 2. The van der Waals surface area contributed by atoms with Gasteiger partial charge in [-0.25, -0.2) is 9.37 Å². The fraction of sp³-hybridized carbons (Fsp3) is 0.0323. The summed E-state index contributed by atoms with van der Waals surface area (Å²) in [7, 11) is 0. The van der Waals surface area contributed by atoms with Gasteiger partial charge in [-0.1, -0.05) is 60.7 Å². The molecule has 0 radical (unpaired) electrons. The van der Waals surface area contributed by atoms with Gasteiger partial charge in [-0.05, 0) is 64.4 Å². The summed E-state index contributed by atoms with van der Waals surface area (Å²) < 4.78 is 19.8. The van der Waals surface area contributed by atoms with Crippen LogP contribution in [0, 0.1) is 5.82 Å². The Morgan fingerprint density at radius 3 is 2.40 bits per heavy atom. The molecule has 0 spiro atoms. The molecule has 4 aromatic carbocycles. The van der Waals surface area contributed by atoms with Crippen LogP contribution in [0.5, 0.6) is 5.75 Å². The van der Waals surface area contributed by atoms with Gasteiger partial charge in [-0.15, -0.1) is 0 Å². The highest BCUT2D eigenvalue weighted by Gasteiger charge is 2.13. The van der Waals surface area contributed by atoms with Gasteiger partial charge in [0.1, 0.15) is 18.2 Å². The van der Waals surface area contributed by atoms with Crippen molar-refractivity contribution in [2.24, 2.45) is 0 Å². The zero-order valence-electron chi connectivity index (χ0n) is 18.9. The molecule has 2 heterocycles. The van der Waals surface area contributed by atoms with E-state index in [0.29, 0.717) is 11.3 Å². The Balaban J connectivity index is 1.44. The fourth-order valence-electron chi connectivity index (χ4n) is 4.40. The maximum Gasteiger partial charge on any atom is 0.129 e. The number of halogens is 1. The molecule has 2 aromatic heterocycles. The number of hydrogen-bond acceptors (Lipinski definition) is 3. The standard InChI is InChI=1S/C31H21FN2O/c32-28-10-4-2-7-24(28)20-35-25-14-11-22(12-15-25)27-18-30(23-8-5-17-33-19-23)34-29-16-13-21-6-1-3-9-26(21)31(27)29/h1-19H,20H2. The second-order valence-electron chi connectivity index (χ2n) is 8.38. The van der Waals surface area contributed by atoms with Crippen LogP contribution in [-0.4, -0.2) is 9.97 Å². The highest BCUT2D eigenvalue weighted by molar-refractivity contribution is 6.13. The van der Waals surface area contributed by atoms with Gasteiger partial charge >= 0.3 is 0 Å². The molecule has 0 bridgehead atoms. The van der Waals surface area contributed by atoms with Gasteiger partial charge in [0, 0.05) is 28.9 Å². The molecule has 0 saturated carbocycles. The van der Waals surface area contributed by atoms with Crippen LogP contribution >= 0.6 is 0 Å². The second kappa shape index (κ2) is 8.99. The Hall–Kier alpha value is -4.57. The topological polar surface area (TPSA) is 35.0 Å². The SMILES string of the molecule is Fc1ccccc1COc1ccc(-c2cc(-c3cccnc3)nc3ccc4ccccc4c23)cc1. The maximum atomic E-state index is 13.9. The van der Waals surface area contributed by atoms with Crippen molar-refractivity contribution in [3.05, 3.63) is 127 Å². The molecule has 3 nitrogen and oxygen atoms in total. The predicted molar refractivity (Wildman–Crippen MR) is 139 cm³/mol. The first-order valence-electron chi connectivity index (χ1n) is 11.5. The largest absolute Gasteiger partial charge is 0.489 e. The highest BCUT2D eigenvalue weighted by atomic mass is 19.1. The van der Waals surface area contributed by atoms with Gasteiger partial charge in [0.25, 0.3) is 0 Å². The lowest BCUT2D eigenvalue weighted by Crippen LogP contribution is -1.98. The lowest BCUT2D eigenvalue weighted by atomic mass is 9.95. The summed E-state index contributed by atoms with van der Waals surface area (Å²) >= 11 is 0. The van der Waals surface area contributed by atoms with Crippen LogP contribution < -0.4 is 4.74 Å². The molecule has 168 valence electrons. The molecule has 0 aliphatic heterocycles. The number of benzene rings is 4. The van der Waals surface area contributed by atoms with Crippen molar-refractivity contribution in [2.75, 3.05) is 0 Å². The molecule has 0 fully saturated rings. The Kier molecular flexibility index (Phi) is 5.39. The fourth-order valence-corrected chi connectivity index (χ4v) is 4.40. The van der Waals surface area contributed by atoms with Gasteiger partial charge in [-0.3, -0.25) is 4.98 Å². The third-order valence-corrected chi connectivity index (χ3v) is 6.17. The van der Waals surface area contributed by atoms with Crippen molar-refractivity contribution in [1.29, 1.82) is 0 Å². The van der Waals surface area contributed by atoms with Crippen LogP contribution in [0.1, 0.15) is 5.56 Å². The lowest BCUT2D eigenvalue weighted by molar-refractivity contribution is 0.300. The molecule has 0 N–H and O–H groups in total. The smallest absolute Gasteiger partial charge is 0.129 e. The molecular formula is C31H21FN2O. The molecular weight excluding hydrogens is 435 g/mol. The van der Waals surface area contributed by atoms with Crippen LogP contribution in [0.25, 0.3) is 44.1 Å². The average molecular weight is 457 g/mol. The Labute approximate surface area is 202 Å². The van der Waals surface area contributed by atoms with E-state index in [0.717, 1.165) is 38.7 Å². The van der Waals surface area contributed by atoms with Crippen molar-refractivity contribution in [3.63, 3.8) is 0 Å². The van der Waals surface area contributed by atoms with E-state index in [1.807, 2.05) is 54.7 Å². The van der Waals surface area contributed by atoms with E-state index >= 15 is 0 Å². The molecule has 35 heavy (non-hydrogen) atoms. The first-order valence-corrected chi connectivity index (χ1v) is 11.5. The van der Waals surface area contributed by atoms with E-state index < -0.39 is 0 Å². The molecule has 0 aliphatic rings.